The molecule has 0 spiro atoms. The SMILES string of the molecule is CC(C)CN(C)C(=O)c1ccc2c(c1)NC(=O)CS2. The van der Waals surface area contributed by atoms with E-state index < -0.39 is 0 Å². The first-order chi connectivity index (χ1) is 8.97. The lowest BCUT2D eigenvalue weighted by Gasteiger charge is -2.21. The first-order valence-corrected chi connectivity index (χ1v) is 7.28. The van der Waals surface area contributed by atoms with E-state index in [1.807, 2.05) is 12.1 Å². The number of rotatable bonds is 3. The van der Waals surface area contributed by atoms with Gasteiger partial charge in [0.2, 0.25) is 5.91 Å². The number of nitrogens with one attached hydrogen (secondary N) is 1. The van der Waals surface area contributed by atoms with Gasteiger partial charge in [-0.15, -0.1) is 11.8 Å². The number of hydrogen-bond donors (Lipinski definition) is 1. The molecule has 1 aliphatic rings. The maximum absolute atomic E-state index is 12.3. The molecule has 1 heterocycles. The molecule has 0 unspecified atom stereocenters. The minimum Gasteiger partial charge on any atom is -0.341 e. The van der Waals surface area contributed by atoms with Gasteiger partial charge in [-0.1, -0.05) is 13.8 Å². The third-order valence-corrected chi connectivity index (χ3v) is 3.92. The van der Waals surface area contributed by atoms with Crippen molar-refractivity contribution in [2.45, 2.75) is 18.7 Å². The van der Waals surface area contributed by atoms with Crippen LogP contribution in [0, 0.1) is 5.92 Å². The van der Waals surface area contributed by atoms with Crippen molar-refractivity contribution in [3.05, 3.63) is 23.8 Å². The molecule has 19 heavy (non-hydrogen) atoms. The van der Waals surface area contributed by atoms with Crippen LogP contribution in [0.4, 0.5) is 5.69 Å². The van der Waals surface area contributed by atoms with Crippen molar-refractivity contribution in [1.82, 2.24) is 4.90 Å². The van der Waals surface area contributed by atoms with Gasteiger partial charge in [0.1, 0.15) is 0 Å². The zero-order valence-corrected chi connectivity index (χ0v) is 12.2. The van der Waals surface area contributed by atoms with Crippen LogP contribution in [0.25, 0.3) is 0 Å². The average Bonchev–Trinajstić information content (AvgIpc) is 2.36. The summed E-state index contributed by atoms with van der Waals surface area (Å²) < 4.78 is 0. The molecule has 102 valence electrons. The van der Waals surface area contributed by atoms with Crippen molar-refractivity contribution in [3.8, 4) is 0 Å². The zero-order chi connectivity index (χ0) is 14.0. The van der Waals surface area contributed by atoms with E-state index >= 15 is 0 Å². The van der Waals surface area contributed by atoms with Crippen LogP contribution in [0.5, 0.6) is 0 Å². The number of benzene rings is 1. The normalized spacial score (nSPS) is 14.0. The summed E-state index contributed by atoms with van der Waals surface area (Å²) in [6, 6.07) is 5.48. The predicted octanol–water partition coefficient (Wildman–Crippen LogP) is 2.46. The molecule has 2 rings (SSSR count). The van der Waals surface area contributed by atoms with Crippen LogP contribution in [0.2, 0.25) is 0 Å². The predicted molar refractivity (Wildman–Crippen MR) is 77.6 cm³/mol. The second kappa shape index (κ2) is 5.65. The summed E-state index contributed by atoms with van der Waals surface area (Å²) in [5.74, 6) is 0.842. The van der Waals surface area contributed by atoms with Crippen LogP contribution in [0.3, 0.4) is 0 Å². The molecule has 0 bridgehead atoms. The highest BCUT2D eigenvalue weighted by Gasteiger charge is 2.19. The standard InChI is InChI=1S/C14H18N2O2S/c1-9(2)7-16(3)14(18)10-4-5-12-11(6-10)15-13(17)8-19-12/h4-6,9H,7-8H2,1-3H3,(H,15,17). The first-order valence-electron chi connectivity index (χ1n) is 6.29. The molecule has 0 radical (unpaired) electrons. The van der Waals surface area contributed by atoms with Gasteiger partial charge in [-0.2, -0.15) is 0 Å². The van der Waals surface area contributed by atoms with E-state index in [1.165, 1.54) is 11.8 Å². The number of thioether (sulfide) groups is 1. The van der Waals surface area contributed by atoms with E-state index in [-0.39, 0.29) is 11.8 Å². The third kappa shape index (κ3) is 3.29. The monoisotopic (exact) mass is 278 g/mol. The minimum absolute atomic E-state index is 0.0127. The molecule has 0 aliphatic carbocycles. The molecule has 1 aromatic rings. The minimum atomic E-state index is -0.0161. The largest absolute Gasteiger partial charge is 0.341 e. The molecule has 4 nitrogen and oxygen atoms in total. The van der Waals surface area contributed by atoms with E-state index in [4.69, 9.17) is 0 Å². The molecular weight excluding hydrogens is 260 g/mol. The summed E-state index contributed by atoms with van der Waals surface area (Å²) in [5.41, 5.74) is 1.36. The number of nitrogens with zero attached hydrogens (tertiary/aromatic N) is 1. The van der Waals surface area contributed by atoms with Crippen molar-refractivity contribution < 1.29 is 9.59 Å². The Bertz CT molecular complexity index is 514. The lowest BCUT2D eigenvalue weighted by atomic mass is 10.1. The van der Waals surface area contributed by atoms with E-state index in [2.05, 4.69) is 19.2 Å². The van der Waals surface area contributed by atoms with E-state index in [1.54, 1.807) is 18.0 Å². The first kappa shape index (κ1) is 13.9. The Morgan fingerprint density at radius 1 is 1.47 bits per heavy atom. The molecule has 0 saturated heterocycles. The lowest BCUT2D eigenvalue weighted by Crippen LogP contribution is -2.30. The van der Waals surface area contributed by atoms with E-state index in [0.29, 0.717) is 17.2 Å². The molecule has 2 amide bonds. The molecular formula is C14H18N2O2S. The third-order valence-electron chi connectivity index (χ3n) is 2.85. The van der Waals surface area contributed by atoms with Gasteiger partial charge in [0.15, 0.2) is 0 Å². The van der Waals surface area contributed by atoms with Gasteiger partial charge < -0.3 is 10.2 Å². The van der Waals surface area contributed by atoms with Gasteiger partial charge in [0.05, 0.1) is 11.4 Å². The van der Waals surface area contributed by atoms with Gasteiger partial charge in [-0.3, -0.25) is 9.59 Å². The Labute approximate surface area is 117 Å². The van der Waals surface area contributed by atoms with Crippen LogP contribution in [-0.2, 0) is 4.79 Å². The van der Waals surface area contributed by atoms with E-state index in [9.17, 15) is 9.59 Å². The van der Waals surface area contributed by atoms with Crippen molar-refractivity contribution in [1.29, 1.82) is 0 Å². The fraction of sp³-hybridized carbons (Fsp3) is 0.429. The number of fused-ring (bicyclic) bond motifs is 1. The number of carbonyl (C=O) groups is 2. The highest BCUT2D eigenvalue weighted by atomic mass is 32.2. The summed E-state index contributed by atoms with van der Waals surface area (Å²) in [6.45, 7) is 4.87. The molecule has 0 atom stereocenters. The van der Waals surface area contributed by atoms with Crippen LogP contribution in [-0.4, -0.2) is 36.1 Å². The topological polar surface area (TPSA) is 49.4 Å². The highest BCUT2D eigenvalue weighted by Crippen LogP contribution is 2.32. The van der Waals surface area contributed by atoms with Gasteiger partial charge >= 0.3 is 0 Å². The van der Waals surface area contributed by atoms with Crippen molar-refractivity contribution >= 4 is 29.3 Å². The zero-order valence-electron chi connectivity index (χ0n) is 11.4. The summed E-state index contributed by atoms with van der Waals surface area (Å²) in [7, 11) is 1.80. The molecule has 1 aliphatic heterocycles. The van der Waals surface area contributed by atoms with Gasteiger partial charge in [0.25, 0.3) is 5.91 Å². The fourth-order valence-electron chi connectivity index (χ4n) is 2.07. The molecule has 1 N–H and O–H groups in total. The second-order valence-electron chi connectivity index (χ2n) is 5.13. The molecule has 0 fully saturated rings. The highest BCUT2D eigenvalue weighted by molar-refractivity contribution is 8.00. The smallest absolute Gasteiger partial charge is 0.253 e. The average molecular weight is 278 g/mol. The second-order valence-corrected chi connectivity index (χ2v) is 6.14. The Morgan fingerprint density at radius 2 is 2.21 bits per heavy atom. The fourth-order valence-corrected chi connectivity index (χ4v) is 2.86. The Balaban J connectivity index is 2.19. The van der Waals surface area contributed by atoms with E-state index in [0.717, 1.165) is 17.1 Å². The van der Waals surface area contributed by atoms with Gasteiger partial charge in [0, 0.05) is 24.1 Å². The number of anilines is 1. The number of hydrogen-bond acceptors (Lipinski definition) is 3. The lowest BCUT2D eigenvalue weighted by molar-refractivity contribution is -0.113. The Hall–Kier alpha value is -1.49. The maximum Gasteiger partial charge on any atom is 0.253 e. The summed E-state index contributed by atoms with van der Waals surface area (Å²) >= 11 is 1.50. The van der Waals surface area contributed by atoms with Crippen LogP contribution < -0.4 is 5.32 Å². The van der Waals surface area contributed by atoms with Crippen LogP contribution >= 0.6 is 11.8 Å². The Morgan fingerprint density at radius 3 is 2.89 bits per heavy atom. The Kier molecular flexibility index (Phi) is 4.14. The van der Waals surface area contributed by atoms with Crippen LogP contribution in [0.15, 0.2) is 23.1 Å². The molecule has 0 saturated carbocycles. The quantitative estimate of drug-likeness (QED) is 0.924. The summed E-state index contributed by atoms with van der Waals surface area (Å²) in [5, 5.41) is 2.80. The van der Waals surface area contributed by atoms with Crippen molar-refractivity contribution in [3.63, 3.8) is 0 Å². The van der Waals surface area contributed by atoms with Gasteiger partial charge in [-0.05, 0) is 24.1 Å². The van der Waals surface area contributed by atoms with Gasteiger partial charge in [-0.25, -0.2) is 0 Å². The van der Waals surface area contributed by atoms with Crippen molar-refractivity contribution in [2.24, 2.45) is 5.92 Å². The summed E-state index contributed by atoms with van der Waals surface area (Å²) in [4.78, 5) is 26.3. The number of amides is 2. The maximum atomic E-state index is 12.3. The molecule has 1 aromatic carbocycles. The molecule has 0 aromatic heterocycles. The van der Waals surface area contributed by atoms with Crippen LogP contribution in [0.1, 0.15) is 24.2 Å². The number of carbonyl (C=O) groups excluding carboxylic acids is 2. The van der Waals surface area contributed by atoms with Crippen molar-refractivity contribution in [2.75, 3.05) is 24.7 Å². The molecule has 5 heteroatoms. The summed E-state index contributed by atoms with van der Waals surface area (Å²) in [6.07, 6.45) is 0.